The molecule has 0 aliphatic carbocycles. The van der Waals surface area contributed by atoms with Gasteiger partial charge in [0.25, 0.3) is 0 Å². The van der Waals surface area contributed by atoms with Gasteiger partial charge in [-0.2, -0.15) is 0 Å². The number of ether oxygens (including phenoxy) is 1. The second-order valence-electron chi connectivity index (χ2n) is 4.67. The van der Waals surface area contributed by atoms with Crippen molar-refractivity contribution in [2.45, 2.75) is 32.2 Å². The molecule has 0 aromatic heterocycles. The molecule has 1 amide bonds. The Morgan fingerprint density at radius 2 is 2.05 bits per heavy atom. The molecule has 0 saturated heterocycles. The molecular weight excluding hydrogens is 310 g/mol. The van der Waals surface area contributed by atoms with Gasteiger partial charge in [-0.3, -0.25) is 4.79 Å². The molecule has 4 nitrogen and oxygen atoms in total. The Kier molecular flexibility index (Phi) is 6.31. The van der Waals surface area contributed by atoms with Gasteiger partial charge in [-0.1, -0.05) is 22.9 Å². The monoisotopic (exact) mass is 329 g/mol. The molecule has 1 aromatic carbocycles. The van der Waals surface area contributed by atoms with Crippen LogP contribution in [-0.2, 0) is 4.79 Å². The Morgan fingerprint density at radius 1 is 1.42 bits per heavy atom. The number of hydrogen-bond acceptors (Lipinski definition) is 3. The molecule has 0 bridgehead atoms. The van der Waals surface area contributed by atoms with Crippen molar-refractivity contribution in [3.8, 4) is 5.75 Å². The van der Waals surface area contributed by atoms with Crippen molar-refractivity contribution in [3.05, 3.63) is 28.7 Å². The van der Waals surface area contributed by atoms with Crippen molar-refractivity contribution in [2.24, 2.45) is 0 Å². The molecule has 1 unspecified atom stereocenters. The predicted octanol–water partition coefficient (Wildman–Crippen LogP) is 2.50. The minimum absolute atomic E-state index is 0.0667. The van der Waals surface area contributed by atoms with E-state index in [4.69, 9.17) is 4.74 Å². The first-order chi connectivity index (χ1) is 8.99. The summed E-state index contributed by atoms with van der Waals surface area (Å²) in [6.07, 6.45) is 0.953. The normalized spacial score (nSPS) is 13.7. The van der Waals surface area contributed by atoms with Crippen LogP contribution in [0.4, 0.5) is 0 Å². The van der Waals surface area contributed by atoms with Gasteiger partial charge in [-0.25, -0.2) is 0 Å². The van der Waals surface area contributed by atoms with E-state index in [9.17, 15) is 9.90 Å². The lowest BCUT2D eigenvalue weighted by Crippen LogP contribution is -2.48. The molecule has 0 saturated carbocycles. The summed E-state index contributed by atoms with van der Waals surface area (Å²) in [5.74, 6) is 0.618. The molecule has 5 heteroatoms. The van der Waals surface area contributed by atoms with Crippen molar-refractivity contribution in [3.63, 3.8) is 0 Å². The number of nitrogens with one attached hydrogen (secondary N) is 1. The second kappa shape index (κ2) is 7.50. The van der Waals surface area contributed by atoms with Crippen molar-refractivity contribution in [1.82, 2.24) is 5.32 Å². The number of carbonyl (C=O) groups is 1. The van der Waals surface area contributed by atoms with E-state index in [1.807, 2.05) is 38.1 Å². The largest absolute Gasteiger partial charge is 0.493 e. The minimum Gasteiger partial charge on any atom is -0.493 e. The molecule has 2 N–H and O–H groups in total. The number of carbonyl (C=O) groups excluding carboxylic acids is 1. The lowest BCUT2D eigenvalue weighted by Gasteiger charge is -2.27. The maximum Gasteiger partial charge on any atom is 0.223 e. The number of halogens is 1. The average molecular weight is 330 g/mol. The van der Waals surface area contributed by atoms with Gasteiger partial charge in [0, 0.05) is 4.47 Å². The Labute approximate surface area is 122 Å². The Hall–Kier alpha value is -1.07. The van der Waals surface area contributed by atoms with Crippen LogP contribution in [0.1, 0.15) is 26.7 Å². The molecule has 106 valence electrons. The van der Waals surface area contributed by atoms with Gasteiger partial charge in [0.15, 0.2) is 0 Å². The van der Waals surface area contributed by atoms with E-state index in [0.717, 1.165) is 10.2 Å². The maximum absolute atomic E-state index is 11.7. The number of benzene rings is 1. The van der Waals surface area contributed by atoms with Gasteiger partial charge in [0.05, 0.1) is 25.2 Å². The first kappa shape index (κ1) is 16.0. The lowest BCUT2D eigenvalue weighted by molar-refractivity contribution is -0.123. The number of aliphatic hydroxyl groups excluding tert-OH is 1. The summed E-state index contributed by atoms with van der Waals surface area (Å²) in [4.78, 5) is 11.7. The van der Waals surface area contributed by atoms with Crippen molar-refractivity contribution >= 4 is 21.8 Å². The summed E-state index contributed by atoms with van der Waals surface area (Å²) in [5.41, 5.74) is -0.547. The van der Waals surface area contributed by atoms with Crippen LogP contribution in [0.5, 0.6) is 5.75 Å². The van der Waals surface area contributed by atoms with Crippen LogP contribution in [0, 0.1) is 0 Å². The quantitative estimate of drug-likeness (QED) is 0.808. The van der Waals surface area contributed by atoms with E-state index in [-0.39, 0.29) is 18.9 Å². The van der Waals surface area contributed by atoms with Gasteiger partial charge in [-0.15, -0.1) is 0 Å². The topological polar surface area (TPSA) is 58.6 Å². The van der Waals surface area contributed by atoms with E-state index >= 15 is 0 Å². The van der Waals surface area contributed by atoms with Gasteiger partial charge in [-0.05, 0) is 37.6 Å². The first-order valence-electron chi connectivity index (χ1n) is 6.29. The number of amides is 1. The molecule has 0 aliphatic heterocycles. The van der Waals surface area contributed by atoms with Crippen molar-refractivity contribution in [1.29, 1.82) is 0 Å². The Bertz CT molecular complexity index is 402. The molecule has 0 radical (unpaired) electrons. The van der Waals surface area contributed by atoms with E-state index in [1.54, 1.807) is 0 Å². The molecule has 1 atom stereocenters. The fourth-order valence-corrected chi connectivity index (χ4v) is 1.70. The van der Waals surface area contributed by atoms with Gasteiger partial charge in [0.1, 0.15) is 5.75 Å². The standard InChI is InChI=1S/C14H20BrNO3/c1-3-14(2,10-17)16-13(18)8-9-19-12-6-4-11(15)5-7-12/h4-7,17H,3,8-10H2,1-2H3,(H,16,18). The summed E-state index contributed by atoms with van der Waals surface area (Å²) in [5, 5.41) is 12.0. The third-order valence-electron chi connectivity index (χ3n) is 2.98. The number of rotatable bonds is 7. The summed E-state index contributed by atoms with van der Waals surface area (Å²) in [7, 11) is 0. The van der Waals surface area contributed by atoms with Crippen molar-refractivity contribution in [2.75, 3.05) is 13.2 Å². The lowest BCUT2D eigenvalue weighted by atomic mass is 10.0. The highest BCUT2D eigenvalue weighted by molar-refractivity contribution is 9.10. The zero-order chi connectivity index (χ0) is 14.3. The van der Waals surface area contributed by atoms with Crippen LogP contribution in [0.15, 0.2) is 28.7 Å². The van der Waals surface area contributed by atoms with Gasteiger partial charge in [0.2, 0.25) is 5.91 Å². The molecule has 19 heavy (non-hydrogen) atoms. The highest BCUT2D eigenvalue weighted by atomic mass is 79.9. The fourth-order valence-electron chi connectivity index (χ4n) is 1.43. The minimum atomic E-state index is -0.547. The number of hydrogen-bond donors (Lipinski definition) is 2. The molecule has 1 rings (SSSR count). The summed E-state index contributed by atoms with van der Waals surface area (Å²) < 4.78 is 6.45. The zero-order valence-corrected chi connectivity index (χ0v) is 12.9. The van der Waals surface area contributed by atoms with Crippen LogP contribution < -0.4 is 10.1 Å². The average Bonchev–Trinajstić information content (AvgIpc) is 2.41. The summed E-state index contributed by atoms with van der Waals surface area (Å²) >= 11 is 3.34. The van der Waals surface area contributed by atoms with Crippen molar-refractivity contribution < 1.29 is 14.6 Å². The molecule has 0 heterocycles. The molecule has 0 aliphatic rings. The second-order valence-corrected chi connectivity index (χ2v) is 5.59. The van der Waals surface area contributed by atoms with E-state index < -0.39 is 5.54 Å². The first-order valence-corrected chi connectivity index (χ1v) is 7.08. The van der Waals surface area contributed by atoms with Crippen LogP contribution in [0.2, 0.25) is 0 Å². The van der Waals surface area contributed by atoms with Gasteiger partial charge < -0.3 is 15.2 Å². The highest BCUT2D eigenvalue weighted by Crippen LogP contribution is 2.16. The molecule has 1 aromatic rings. The molecule has 0 spiro atoms. The molecular formula is C14H20BrNO3. The summed E-state index contributed by atoms with van der Waals surface area (Å²) in [6.45, 7) is 4.00. The third-order valence-corrected chi connectivity index (χ3v) is 3.51. The Morgan fingerprint density at radius 3 is 2.58 bits per heavy atom. The Balaban J connectivity index is 2.33. The smallest absolute Gasteiger partial charge is 0.223 e. The predicted molar refractivity (Wildman–Crippen MR) is 78.2 cm³/mol. The molecule has 0 fully saturated rings. The summed E-state index contributed by atoms with van der Waals surface area (Å²) in [6, 6.07) is 7.45. The number of aliphatic hydroxyl groups is 1. The van der Waals surface area contributed by atoms with E-state index in [1.165, 1.54) is 0 Å². The maximum atomic E-state index is 11.7. The van der Waals surface area contributed by atoms with E-state index in [2.05, 4.69) is 21.2 Å². The zero-order valence-electron chi connectivity index (χ0n) is 11.3. The van der Waals surface area contributed by atoms with E-state index in [0.29, 0.717) is 13.0 Å². The van der Waals surface area contributed by atoms with Crippen LogP contribution in [-0.4, -0.2) is 29.8 Å². The fraction of sp³-hybridized carbons (Fsp3) is 0.500. The van der Waals surface area contributed by atoms with Crippen LogP contribution in [0.25, 0.3) is 0 Å². The van der Waals surface area contributed by atoms with Crippen LogP contribution in [0.3, 0.4) is 0 Å². The highest BCUT2D eigenvalue weighted by Gasteiger charge is 2.22. The third kappa shape index (κ3) is 5.61. The SMILES string of the molecule is CCC(C)(CO)NC(=O)CCOc1ccc(Br)cc1. The van der Waals surface area contributed by atoms with Gasteiger partial charge >= 0.3 is 0 Å². The van der Waals surface area contributed by atoms with Crippen LogP contribution >= 0.6 is 15.9 Å².